The SMILES string of the molecule is CS(=O)(=O)N(Cc1ccc(Cl)cc1)c1ccc(C(=O)NCc2ccco2)cc1. The van der Waals surface area contributed by atoms with E-state index in [0.717, 1.165) is 11.8 Å². The van der Waals surface area contributed by atoms with E-state index in [0.29, 0.717) is 22.0 Å². The van der Waals surface area contributed by atoms with Crippen LogP contribution in [0.4, 0.5) is 5.69 Å². The van der Waals surface area contributed by atoms with Crippen molar-refractivity contribution in [3.8, 4) is 0 Å². The third-order valence-corrected chi connectivity index (χ3v) is 5.45. The number of rotatable bonds is 7. The van der Waals surface area contributed by atoms with Crippen molar-refractivity contribution in [2.45, 2.75) is 13.1 Å². The van der Waals surface area contributed by atoms with Gasteiger partial charge in [-0.15, -0.1) is 0 Å². The number of nitrogens with zero attached hydrogens (tertiary/aromatic N) is 1. The molecule has 6 nitrogen and oxygen atoms in total. The normalized spacial score (nSPS) is 11.2. The molecule has 0 aliphatic rings. The van der Waals surface area contributed by atoms with Crippen molar-refractivity contribution < 1.29 is 17.6 Å². The molecule has 0 fully saturated rings. The van der Waals surface area contributed by atoms with Crippen LogP contribution in [0.1, 0.15) is 21.7 Å². The highest BCUT2D eigenvalue weighted by Gasteiger charge is 2.18. The molecule has 2 aromatic carbocycles. The zero-order valence-corrected chi connectivity index (χ0v) is 16.7. The molecule has 0 saturated carbocycles. The van der Waals surface area contributed by atoms with Crippen molar-refractivity contribution in [3.63, 3.8) is 0 Å². The Labute approximate surface area is 168 Å². The molecular weight excluding hydrogens is 400 g/mol. The van der Waals surface area contributed by atoms with E-state index in [2.05, 4.69) is 5.32 Å². The van der Waals surface area contributed by atoms with Gasteiger partial charge in [-0.3, -0.25) is 9.10 Å². The lowest BCUT2D eigenvalue weighted by atomic mass is 10.1. The monoisotopic (exact) mass is 418 g/mol. The van der Waals surface area contributed by atoms with Crippen LogP contribution in [-0.4, -0.2) is 20.6 Å². The number of carbonyl (C=O) groups excluding carboxylic acids is 1. The van der Waals surface area contributed by atoms with Gasteiger partial charge >= 0.3 is 0 Å². The summed E-state index contributed by atoms with van der Waals surface area (Å²) in [5.41, 5.74) is 1.70. The fourth-order valence-corrected chi connectivity index (χ4v) is 3.63. The lowest BCUT2D eigenvalue weighted by Gasteiger charge is -2.22. The Morgan fingerprint density at radius 3 is 2.32 bits per heavy atom. The van der Waals surface area contributed by atoms with Crippen molar-refractivity contribution in [1.82, 2.24) is 5.32 Å². The lowest BCUT2D eigenvalue weighted by Crippen LogP contribution is -2.29. The summed E-state index contributed by atoms with van der Waals surface area (Å²) in [5.74, 6) is 0.378. The maximum absolute atomic E-state index is 12.3. The summed E-state index contributed by atoms with van der Waals surface area (Å²) in [6.45, 7) is 0.444. The van der Waals surface area contributed by atoms with Crippen molar-refractivity contribution >= 4 is 33.2 Å². The van der Waals surface area contributed by atoms with Gasteiger partial charge in [0.05, 0.1) is 31.3 Å². The van der Waals surface area contributed by atoms with Crippen LogP contribution < -0.4 is 9.62 Å². The zero-order valence-electron chi connectivity index (χ0n) is 15.1. The fourth-order valence-electron chi connectivity index (χ4n) is 2.62. The van der Waals surface area contributed by atoms with Crippen LogP contribution in [0.2, 0.25) is 5.02 Å². The molecule has 0 unspecified atom stereocenters. The number of furan rings is 1. The highest BCUT2D eigenvalue weighted by molar-refractivity contribution is 7.92. The first kappa shape index (κ1) is 20.0. The smallest absolute Gasteiger partial charge is 0.251 e. The Morgan fingerprint density at radius 2 is 1.75 bits per heavy atom. The summed E-state index contributed by atoms with van der Waals surface area (Å²) >= 11 is 5.88. The number of halogens is 1. The summed E-state index contributed by atoms with van der Waals surface area (Å²) in [7, 11) is -3.51. The predicted molar refractivity (Wildman–Crippen MR) is 109 cm³/mol. The Bertz CT molecular complexity index is 1030. The van der Waals surface area contributed by atoms with E-state index in [1.54, 1.807) is 60.7 Å². The van der Waals surface area contributed by atoms with Crippen LogP contribution in [-0.2, 0) is 23.1 Å². The van der Waals surface area contributed by atoms with Gasteiger partial charge in [-0.05, 0) is 54.1 Å². The van der Waals surface area contributed by atoms with E-state index < -0.39 is 10.0 Å². The fraction of sp³-hybridized carbons (Fsp3) is 0.150. The molecule has 8 heteroatoms. The Hall–Kier alpha value is -2.77. The van der Waals surface area contributed by atoms with E-state index in [1.807, 2.05) is 0 Å². The summed E-state index contributed by atoms with van der Waals surface area (Å²) in [4.78, 5) is 12.2. The van der Waals surface area contributed by atoms with Gasteiger partial charge in [-0.2, -0.15) is 0 Å². The van der Waals surface area contributed by atoms with E-state index in [1.165, 1.54) is 10.6 Å². The molecule has 0 spiro atoms. The molecule has 0 atom stereocenters. The quantitative estimate of drug-likeness (QED) is 0.632. The van der Waals surface area contributed by atoms with E-state index in [-0.39, 0.29) is 19.0 Å². The van der Waals surface area contributed by atoms with Gasteiger partial charge < -0.3 is 9.73 Å². The van der Waals surface area contributed by atoms with Gasteiger partial charge in [0.1, 0.15) is 5.76 Å². The van der Waals surface area contributed by atoms with Crippen molar-refractivity contribution in [1.29, 1.82) is 0 Å². The zero-order chi connectivity index (χ0) is 20.1. The molecule has 0 aliphatic heterocycles. The molecule has 0 saturated heterocycles. The minimum atomic E-state index is -3.51. The lowest BCUT2D eigenvalue weighted by molar-refractivity contribution is 0.0948. The molecule has 0 aliphatic carbocycles. The molecule has 1 amide bonds. The van der Waals surface area contributed by atoms with Crippen molar-refractivity contribution in [3.05, 3.63) is 88.8 Å². The maximum Gasteiger partial charge on any atom is 0.251 e. The number of sulfonamides is 1. The number of hydrogen-bond donors (Lipinski definition) is 1. The second kappa shape index (κ2) is 8.50. The van der Waals surface area contributed by atoms with Gasteiger partial charge in [-0.1, -0.05) is 23.7 Å². The second-order valence-corrected chi connectivity index (χ2v) is 8.55. The largest absolute Gasteiger partial charge is 0.467 e. The molecule has 1 heterocycles. The summed E-state index contributed by atoms with van der Waals surface area (Å²) in [5, 5.41) is 3.33. The average molecular weight is 419 g/mol. The van der Waals surface area contributed by atoms with Gasteiger partial charge in [0.25, 0.3) is 5.91 Å². The molecule has 1 N–H and O–H groups in total. The molecular formula is C20H19ClN2O4S. The third-order valence-electron chi connectivity index (χ3n) is 4.06. The van der Waals surface area contributed by atoms with E-state index in [4.69, 9.17) is 16.0 Å². The van der Waals surface area contributed by atoms with E-state index in [9.17, 15) is 13.2 Å². The van der Waals surface area contributed by atoms with Crippen LogP contribution in [0, 0.1) is 0 Å². The summed E-state index contributed by atoms with van der Waals surface area (Å²) < 4.78 is 31.0. The highest BCUT2D eigenvalue weighted by atomic mass is 35.5. The first-order chi connectivity index (χ1) is 13.3. The second-order valence-electron chi connectivity index (χ2n) is 6.21. The molecule has 0 bridgehead atoms. The Balaban J connectivity index is 1.74. The minimum absolute atomic E-state index is 0.167. The average Bonchev–Trinajstić information content (AvgIpc) is 3.18. The molecule has 28 heavy (non-hydrogen) atoms. The van der Waals surface area contributed by atoms with Crippen LogP contribution in [0.15, 0.2) is 71.3 Å². The molecule has 0 radical (unpaired) electrons. The van der Waals surface area contributed by atoms with Gasteiger partial charge in [0, 0.05) is 10.6 Å². The standard InChI is InChI=1S/C20H19ClN2O4S/c1-28(25,26)23(14-15-4-8-17(21)9-5-15)18-10-6-16(7-11-18)20(24)22-13-19-3-2-12-27-19/h2-12H,13-14H2,1H3,(H,22,24). The highest BCUT2D eigenvalue weighted by Crippen LogP contribution is 2.22. The third kappa shape index (κ3) is 5.15. The summed E-state index contributed by atoms with van der Waals surface area (Å²) in [6.07, 6.45) is 2.68. The minimum Gasteiger partial charge on any atom is -0.467 e. The molecule has 1 aromatic heterocycles. The Kier molecular flexibility index (Phi) is 6.06. The van der Waals surface area contributed by atoms with Gasteiger partial charge in [0.15, 0.2) is 0 Å². The van der Waals surface area contributed by atoms with Gasteiger partial charge in [0.2, 0.25) is 10.0 Å². The number of carbonyl (C=O) groups is 1. The number of benzene rings is 2. The molecule has 3 rings (SSSR count). The van der Waals surface area contributed by atoms with Crippen LogP contribution >= 0.6 is 11.6 Å². The van der Waals surface area contributed by atoms with Crippen molar-refractivity contribution in [2.75, 3.05) is 10.6 Å². The summed E-state index contributed by atoms with van der Waals surface area (Å²) in [6, 6.07) is 16.9. The van der Waals surface area contributed by atoms with Crippen molar-refractivity contribution in [2.24, 2.45) is 0 Å². The van der Waals surface area contributed by atoms with Crippen LogP contribution in [0.3, 0.4) is 0 Å². The number of amides is 1. The molecule has 3 aromatic rings. The van der Waals surface area contributed by atoms with E-state index >= 15 is 0 Å². The van der Waals surface area contributed by atoms with Gasteiger partial charge in [-0.25, -0.2) is 8.42 Å². The predicted octanol–water partition coefficient (Wildman–Crippen LogP) is 3.83. The first-order valence-corrected chi connectivity index (χ1v) is 10.7. The maximum atomic E-state index is 12.3. The number of anilines is 1. The Morgan fingerprint density at radius 1 is 1.07 bits per heavy atom. The first-order valence-electron chi connectivity index (χ1n) is 8.46. The number of hydrogen-bond acceptors (Lipinski definition) is 4. The van der Waals surface area contributed by atoms with Crippen LogP contribution in [0.25, 0.3) is 0 Å². The van der Waals surface area contributed by atoms with Crippen LogP contribution in [0.5, 0.6) is 0 Å². The molecule has 146 valence electrons. The number of nitrogens with one attached hydrogen (secondary N) is 1. The topological polar surface area (TPSA) is 79.6 Å².